The normalized spacial score (nSPS) is 13.2. The molecule has 1 aliphatic rings. The van der Waals surface area contributed by atoms with Crippen molar-refractivity contribution in [1.29, 1.82) is 0 Å². The monoisotopic (exact) mass is 494 g/mol. The molecule has 0 saturated heterocycles. The summed E-state index contributed by atoms with van der Waals surface area (Å²) in [5.41, 5.74) is 8.03. The van der Waals surface area contributed by atoms with Gasteiger partial charge in [-0.05, 0) is 0 Å². The Kier molecular flexibility index (Phi) is 9.03. The van der Waals surface area contributed by atoms with Crippen LogP contribution in [0, 0.1) is 6.92 Å². The molecule has 0 saturated carbocycles. The van der Waals surface area contributed by atoms with Crippen molar-refractivity contribution in [3.63, 3.8) is 0 Å². The maximum absolute atomic E-state index is 9.23. The molecule has 5 heteroatoms. The number of benzene rings is 2. The van der Waals surface area contributed by atoms with Crippen LogP contribution in [0.4, 0.5) is 5.69 Å². The molecule has 1 aliphatic carbocycles. The smallest absolute Gasteiger partial charge is 1.00 e. The van der Waals surface area contributed by atoms with Crippen LogP contribution < -0.4 is 40.6 Å². The molecule has 0 unspecified atom stereocenters. The van der Waals surface area contributed by atoms with Gasteiger partial charge in [-0.3, -0.25) is 0 Å². The van der Waals surface area contributed by atoms with Crippen molar-refractivity contribution in [1.82, 2.24) is 0 Å². The van der Waals surface area contributed by atoms with Gasteiger partial charge in [0.2, 0.25) is 0 Å². The molecular formula is C23H28Cl2NOZr. The number of halogens is 2. The largest absolute Gasteiger partial charge is 1.00 e. The van der Waals surface area contributed by atoms with Crippen LogP contribution in [0.5, 0.6) is 0 Å². The molecule has 0 bridgehead atoms. The van der Waals surface area contributed by atoms with Crippen LogP contribution in [0.25, 0.3) is 20.0 Å². The Balaban J connectivity index is 0.00000196. The minimum absolute atomic E-state index is 0. The molecule has 0 aromatic heterocycles. The van der Waals surface area contributed by atoms with Crippen molar-refractivity contribution in [2.45, 2.75) is 53.0 Å². The first-order valence-corrected chi connectivity index (χ1v) is 10.6. The molecule has 0 fully saturated rings. The van der Waals surface area contributed by atoms with E-state index < -0.39 is 0 Å². The third-order valence-electron chi connectivity index (χ3n) is 4.99. The number of aliphatic hydroxyl groups is 1. The first-order chi connectivity index (χ1) is 12.2. The predicted molar refractivity (Wildman–Crippen MR) is 107 cm³/mol. The zero-order valence-corrected chi connectivity index (χ0v) is 21.2. The summed E-state index contributed by atoms with van der Waals surface area (Å²) < 4.78 is 1.44. The average molecular weight is 497 g/mol. The van der Waals surface area contributed by atoms with Crippen LogP contribution in [0.15, 0.2) is 30.3 Å². The van der Waals surface area contributed by atoms with E-state index in [9.17, 15) is 5.11 Å². The van der Waals surface area contributed by atoms with Crippen molar-refractivity contribution in [2.24, 2.45) is 0 Å². The standard InChI is InChI=1S/C23H28NO.2ClH.Zr/c1-15(9-8-12-25)19-14-20-18-11-7-6-10-17(18)13-21(20)22(16(19)2)24-23(3,4)5;;;/h6-7,10-11,14,24-25H,8-9,12H2,1-5H3;2*1H;/q;;;+2/p-2. The molecule has 0 spiro atoms. The molecule has 0 radical (unpaired) electrons. The molecule has 149 valence electrons. The van der Waals surface area contributed by atoms with E-state index in [0.29, 0.717) is 0 Å². The van der Waals surface area contributed by atoms with Gasteiger partial charge in [-0.15, -0.1) is 0 Å². The molecule has 2 N–H and O–H groups in total. The average Bonchev–Trinajstić information content (AvgIpc) is 2.87. The fourth-order valence-electron chi connectivity index (χ4n) is 3.78. The quantitative estimate of drug-likeness (QED) is 0.506. The molecule has 0 aliphatic heterocycles. The van der Waals surface area contributed by atoms with Gasteiger partial charge in [-0.1, -0.05) is 0 Å². The van der Waals surface area contributed by atoms with Crippen molar-refractivity contribution in [3.05, 3.63) is 51.9 Å². The fraction of sp³-hybridized carbons (Fsp3) is 0.391. The number of anilines is 1. The van der Waals surface area contributed by atoms with E-state index in [1.807, 2.05) is 0 Å². The van der Waals surface area contributed by atoms with Crippen molar-refractivity contribution in [3.8, 4) is 11.1 Å². The van der Waals surface area contributed by atoms with Gasteiger partial charge < -0.3 is 24.8 Å². The van der Waals surface area contributed by atoms with Crippen LogP contribution in [0.2, 0.25) is 0 Å². The maximum Gasteiger partial charge on any atom is -1.00 e. The zero-order chi connectivity index (χ0) is 19.1. The molecule has 3 rings (SSSR count). The number of hydrogen-bond donors (Lipinski definition) is 2. The van der Waals surface area contributed by atoms with Gasteiger partial charge in [0.15, 0.2) is 0 Å². The van der Waals surface area contributed by atoms with Crippen LogP contribution in [0.3, 0.4) is 0 Å². The van der Waals surface area contributed by atoms with E-state index in [1.54, 1.807) is 0 Å². The van der Waals surface area contributed by atoms with Gasteiger partial charge in [0.05, 0.1) is 0 Å². The minimum Gasteiger partial charge on any atom is -1.00 e. The van der Waals surface area contributed by atoms with E-state index >= 15 is 0 Å². The third-order valence-corrected chi connectivity index (χ3v) is 6.27. The second-order valence-corrected chi connectivity index (χ2v) is 9.48. The molecule has 0 atom stereocenters. The SMILES string of the molecule is CC(CCCO)=c1cc2c(c(NC(C)(C)C)c1C)=[C]([Zr+2])c1ccccc1-2.[Cl-].[Cl-]. The molecule has 2 nitrogen and oxygen atoms in total. The number of aliphatic hydroxyl groups excluding tert-OH is 1. The van der Waals surface area contributed by atoms with Gasteiger partial charge in [-0.2, -0.15) is 0 Å². The first-order valence-electron chi connectivity index (χ1n) is 9.32. The van der Waals surface area contributed by atoms with Gasteiger partial charge in [-0.25, -0.2) is 0 Å². The van der Waals surface area contributed by atoms with E-state index in [2.05, 4.69) is 70.3 Å². The van der Waals surface area contributed by atoms with E-state index in [0.717, 1.165) is 12.8 Å². The number of nitrogens with one attached hydrogen (secondary N) is 1. The molecule has 0 heterocycles. The maximum atomic E-state index is 9.23. The van der Waals surface area contributed by atoms with Crippen LogP contribution in [0.1, 0.15) is 51.7 Å². The summed E-state index contributed by atoms with van der Waals surface area (Å²) in [6.07, 6.45) is 1.75. The first kappa shape index (κ1) is 25.4. The second kappa shape index (κ2) is 9.94. The number of rotatable bonds is 4. The molecular weight excluding hydrogens is 468 g/mol. The van der Waals surface area contributed by atoms with Crippen LogP contribution in [-0.2, 0) is 24.7 Å². The fourth-order valence-corrected chi connectivity index (χ4v) is 4.95. The summed E-state index contributed by atoms with van der Waals surface area (Å²) in [6, 6.07) is 11.1. The Bertz CT molecular complexity index is 977. The Labute approximate surface area is 196 Å². The van der Waals surface area contributed by atoms with Crippen LogP contribution >= 0.6 is 0 Å². The Morgan fingerprint density at radius 1 is 1.07 bits per heavy atom. The minimum atomic E-state index is 0. The van der Waals surface area contributed by atoms with Gasteiger partial charge in [0, 0.05) is 0 Å². The molecule has 2 aromatic rings. The summed E-state index contributed by atoms with van der Waals surface area (Å²) in [5.74, 6) is 0. The zero-order valence-electron chi connectivity index (χ0n) is 17.2. The van der Waals surface area contributed by atoms with Gasteiger partial charge in [0.25, 0.3) is 0 Å². The molecule has 28 heavy (non-hydrogen) atoms. The van der Waals surface area contributed by atoms with Gasteiger partial charge >= 0.3 is 172 Å². The van der Waals surface area contributed by atoms with E-state index in [1.165, 1.54) is 72.0 Å². The summed E-state index contributed by atoms with van der Waals surface area (Å²) in [6.45, 7) is 11.3. The summed E-state index contributed by atoms with van der Waals surface area (Å²) in [4.78, 5) is 0. The molecule has 0 amide bonds. The topological polar surface area (TPSA) is 32.3 Å². The van der Waals surface area contributed by atoms with Crippen molar-refractivity contribution < 1.29 is 54.6 Å². The summed E-state index contributed by atoms with van der Waals surface area (Å²) in [7, 11) is 0. The van der Waals surface area contributed by atoms with E-state index in [-0.39, 0.29) is 37.0 Å². The number of fused-ring (bicyclic) bond motifs is 3. The van der Waals surface area contributed by atoms with E-state index in [4.69, 9.17) is 0 Å². The molecule has 2 aromatic carbocycles. The third kappa shape index (κ3) is 4.93. The number of hydrogen-bond acceptors (Lipinski definition) is 2. The summed E-state index contributed by atoms with van der Waals surface area (Å²) >= 11 is 1.45. The second-order valence-electron chi connectivity index (χ2n) is 8.25. The van der Waals surface area contributed by atoms with Crippen LogP contribution in [-0.4, -0.2) is 17.3 Å². The Morgan fingerprint density at radius 3 is 2.25 bits per heavy atom. The van der Waals surface area contributed by atoms with Crippen molar-refractivity contribution in [2.75, 3.05) is 11.9 Å². The van der Waals surface area contributed by atoms with Gasteiger partial charge in [0.1, 0.15) is 0 Å². The Morgan fingerprint density at radius 2 is 1.68 bits per heavy atom. The Hall–Kier alpha value is -0.597. The summed E-state index contributed by atoms with van der Waals surface area (Å²) in [5, 5.41) is 15.7. The predicted octanol–water partition coefficient (Wildman–Crippen LogP) is -2.16. The van der Waals surface area contributed by atoms with Crippen molar-refractivity contribution >= 4 is 14.5 Å².